The van der Waals surface area contributed by atoms with E-state index in [0.717, 1.165) is 5.69 Å². The van der Waals surface area contributed by atoms with Crippen molar-refractivity contribution in [1.82, 2.24) is 9.97 Å². The van der Waals surface area contributed by atoms with Crippen LogP contribution in [0.4, 0.5) is 0 Å². The van der Waals surface area contributed by atoms with E-state index in [-0.39, 0.29) is 16.8 Å². The molecule has 2 rings (SSSR count). The molecule has 0 aromatic carbocycles. The molecule has 0 N–H and O–H groups in total. The van der Waals surface area contributed by atoms with Gasteiger partial charge in [-0.15, -0.1) is 0 Å². The quantitative estimate of drug-likeness (QED) is 0.569. The Morgan fingerprint density at radius 1 is 1.00 bits per heavy atom. The fourth-order valence-electron chi connectivity index (χ4n) is 0.968. The zero-order valence-corrected chi connectivity index (χ0v) is 10.7. The van der Waals surface area contributed by atoms with Crippen molar-refractivity contribution < 1.29 is 35.7 Å². The van der Waals surface area contributed by atoms with Crippen molar-refractivity contribution in [3.8, 4) is 11.4 Å². The zero-order chi connectivity index (χ0) is 13.6. The largest absolute Gasteiger partial charge is 2.00 e. The third-order valence-electron chi connectivity index (χ3n) is 1.51. The molecule has 0 amide bonds. The Kier molecular flexibility index (Phi) is 6.47. The van der Waals surface area contributed by atoms with E-state index in [2.05, 4.69) is 9.97 Å². The van der Waals surface area contributed by atoms with Crippen LogP contribution < -0.4 is 0 Å². The summed E-state index contributed by atoms with van der Waals surface area (Å²) in [5.41, 5.74) is 1.37. The standard InChI is InChI=1S/C10H8N2.Co.H2O4S/c1-3-7-11-9(5-1)10-6-2-4-8-12-10;;1-5(2,3)4/h1-8H;;(H2,1,2,3,4)/q;+2;/p-2/i5D;;. The summed E-state index contributed by atoms with van der Waals surface area (Å²) in [5.74, 6) is 0. The average Bonchev–Trinajstić information content (AvgIpc) is 2.29. The normalized spacial score (nSPS) is 10.4. The summed E-state index contributed by atoms with van der Waals surface area (Å²) in [6, 6.07) is 9.43. The fourth-order valence-corrected chi connectivity index (χ4v) is 0.968. The molecule has 0 saturated carbocycles. The average molecular weight is 312 g/mol. The second kappa shape index (κ2) is 7.90. The van der Waals surface area contributed by atoms with Crippen LogP contribution in [0.1, 0.15) is 1.37 Å². The first-order chi connectivity index (χ1) is 8.38. The van der Waals surface area contributed by atoms with Crippen molar-refractivity contribution in [3.63, 3.8) is 0 Å². The van der Waals surface area contributed by atoms with Crippen molar-refractivity contribution in [2.45, 2.75) is 0 Å². The van der Waals surface area contributed by atoms with Gasteiger partial charge in [-0.25, -0.2) is 0 Å². The van der Waals surface area contributed by atoms with Crippen LogP contribution in [0.3, 0.4) is 0 Å². The molecular formula is C10H8CoN2O4S. The van der Waals surface area contributed by atoms with Crippen molar-refractivity contribution >= 4 is 10.4 Å². The van der Waals surface area contributed by atoms with Crippen molar-refractivity contribution in [2.75, 3.05) is 0 Å². The maximum atomic E-state index is 8.52. The predicted octanol–water partition coefficient (Wildman–Crippen LogP) is 0.803. The van der Waals surface area contributed by atoms with Gasteiger partial charge in [-0.3, -0.25) is 18.4 Å². The van der Waals surface area contributed by atoms with Crippen LogP contribution in [0.25, 0.3) is 11.4 Å². The van der Waals surface area contributed by atoms with Crippen LogP contribution in [-0.4, -0.2) is 27.5 Å². The first-order valence-electron chi connectivity index (χ1n) is 4.87. The van der Waals surface area contributed by atoms with Crippen molar-refractivity contribution in [1.29, 1.82) is 0 Å². The fraction of sp³-hybridized carbons (Fsp3) is 0. The predicted molar refractivity (Wildman–Crippen MR) is 57.9 cm³/mol. The molecule has 0 aliphatic heterocycles. The van der Waals surface area contributed by atoms with Crippen LogP contribution in [-0.2, 0) is 27.2 Å². The Morgan fingerprint density at radius 3 is 1.94 bits per heavy atom. The molecule has 97 valence electrons. The molecule has 2 aromatic heterocycles. The maximum absolute atomic E-state index is 8.52. The minimum absolute atomic E-state index is 0. The van der Waals surface area contributed by atoms with Crippen molar-refractivity contribution in [2.24, 2.45) is 0 Å². The smallest absolute Gasteiger partial charge is 0.759 e. The Balaban J connectivity index is 0.000000471. The van der Waals surface area contributed by atoms with Crippen molar-refractivity contribution in [3.05, 3.63) is 48.8 Å². The van der Waals surface area contributed by atoms with E-state index >= 15 is 0 Å². The van der Waals surface area contributed by atoms with Crippen LogP contribution >= 0.6 is 0 Å². The second-order valence-electron chi connectivity index (χ2n) is 2.75. The Bertz CT molecular complexity index is 602. The number of pyridine rings is 2. The molecule has 1 radical (unpaired) electrons. The molecule has 18 heavy (non-hydrogen) atoms. The molecular weight excluding hydrogens is 303 g/mol. The van der Waals surface area contributed by atoms with E-state index in [1.165, 1.54) is 0 Å². The third-order valence-corrected chi connectivity index (χ3v) is 1.51. The van der Waals surface area contributed by atoms with Gasteiger partial charge < -0.3 is 9.11 Å². The van der Waals surface area contributed by atoms with E-state index in [1.807, 2.05) is 18.2 Å². The number of hydrogen-bond donors (Lipinski definition) is 0. The van der Waals surface area contributed by atoms with Gasteiger partial charge in [0.1, 0.15) is 0 Å². The molecule has 2 heterocycles. The van der Waals surface area contributed by atoms with Crippen LogP contribution in [0.2, 0.25) is 0 Å². The first kappa shape index (κ1) is 14.7. The van der Waals surface area contributed by atoms with E-state index in [4.69, 9.17) is 18.9 Å². The van der Waals surface area contributed by atoms with E-state index in [1.54, 1.807) is 24.5 Å². The van der Waals surface area contributed by atoms with Gasteiger partial charge in [0.05, 0.1) is 12.8 Å². The van der Waals surface area contributed by atoms with Gasteiger partial charge in [-0.1, -0.05) is 12.1 Å². The van der Waals surface area contributed by atoms with Gasteiger partial charge >= 0.3 is 16.8 Å². The van der Waals surface area contributed by atoms with E-state index in [0.29, 0.717) is 11.7 Å². The van der Waals surface area contributed by atoms with Gasteiger partial charge in [0.2, 0.25) is 0 Å². The third kappa shape index (κ3) is 7.87. The summed E-state index contributed by atoms with van der Waals surface area (Å²) < 4.78 is 41.7. The topological polar surface area (TPSA) is 106 Å². The molecule has 2 aromatic rings. The van der Waals surface area contributed by atoms with E-state index < -0.39 is 10.4 Å². The van der Waals surface area contributed by atoms with E-state index in [9.17, 15) is 0 Å². The zero-order valence-electron chi connectivity index (χ0n) is 9.81. The van der Waals surface area contributed by atoms with Gasteiger partial charge in [0.25, 0.3) is 0 Å². The minimum atomic E-state index is -5.17. The summed E-state index contributed by atoms with van der Waals surface area (Å²) in [6.45, 7) is 0. The Morgan fingerprint density at radius 2 is 1.50 bits per heavy atom. The molecule has 8 heteroatoms. The summed E-state index contributed by atoms with van der Waals surface area (Å²) in [7, 11) is -5.17. The SMILES string of the molecule is O=S(=O)([O-])[O-].[2H]c1cccnc1-c1ccccn1.[Co+2]. The summed E-state index contributed by atoms with van der Waals surface area (Å²) in [5, 5.41) is 0. The maximum Gasteiger partial charge on any atom is 2.00 e. The molecule has 0 atom stereocenters. The van der Waals surface area contributed by atoms with Gasteiger partial charge in [-0.05, 0) is 24.2 Å². The van der Waals surface area contributed by atoms with Gasteiger partial charge in [0, 0.05) is 22.8 Å². The molecule has 0 fully saturated rings. The van der Waals surface area contributed by atoms with Gasteiger partial charge in [0.15, 0.2) is 0 Å². The Labute approximate surface area is 116 Å². The molecule has 0 saturated heterocycles. The molecule has 6 nitrogen and oxygen atoms in total. The number of aromatic nitrogens is 2. The van der Waals surface area contributed by atoms with Gasteiger partial charge in [-0.2, -0.15) is 0 Å². The monoisotopic (exact) mass is 312 g/mol. The molecule has 0 bridgehead atoms. The molecule has 0 aliphatic rings. The molecule has 0 spiro atoms. The van der Waals surface area contributed by atoms with Crippen LogP contribution in [0, 0.1) is 0 Å². The molecule has 0 aliphatic carbocycles. The number of nitrogens with zero attached hydrogens (tertiary/aromatic N) is 2. The second-order valence-corrected chi connectivity index (χ2v) is 3.57. The minimum Gasteiger partial charge on any atom is -0.759 e. The summed E-state index contributed by atoms with van der Waals surface area (Å²) in [6.07, 6.45) is 3.37. The summed E-state index contributed by atoms with van der Waals surface area (Å²) in [4.78, 5) is 8.23. The van der Waals surface area contributed by atoms with Crippen LogP contribution in [0.15, 0.2) is 48.8 Å². The molecule has 0 unspecified atom stereocenters. The number of rotatable bonds is 1. The Hall–Kier alpha value is -1.32. The first-order valence-corrected chi connectivity index (χ1v) is 5.71. The van der Waals surface area contributed by atoms with Crippen LogP contribution in [0.5, 0.6) is 0 Å². The summed E-state index contributed by atoms with van der Waals surface area (Å²) >= 11 is 0. The number of hydrogen-bond acceptors (Lipinski definition) is 6.